The molecule has 1 unspecified atom stereocenters. The highest BCUT2D eigenvalue weighted by Crippen LogP contribution is 2.18. The fourth-order valence-electron chi connectivity index (χ4n) is 1.45. The van der Waals surface area contributed by atoms with Crippen molar-refractivity contribution in [2.45, 2.75) is 26.8 Å². The normalized spacial score (nSPS) is 13.2. The molecule has 0 fully saturated rings. The molecule has 0 amide bonds. The molecule has 0 radical (unpaired) electrons. The second kappa shape index (κ2) is 3.64. The van der Waals surface area contributed by atoms with Gasteiger partial charge in [0.15, 0.2) is 0 Å². The molecule has 3 heteroatoms. The van der Waals surface area contributed by atoms with Gasteiger partial charge in [-0.1, -0.05) is 13.8 Å². The zero-order valence-corrected chi connectivity index (χ0v) is 8.19. The minimum atomic E-state index is -0.773. The van der Waals surface area contributed by atoms with Crippen molar-refractivity contribution in [3.8, 4) is 0 Å². The number of carboxylic acids is 1. The largest absolute Gasteiger partial charge is 0.480 e. The Morgan fingerprint density at radius 1 is 1.54 bits per heavy atom. The van der Waals surface area contributed by atoms with Crippen molar-refractivity contribution in [3.63, 3.8) is 0 Å². The summed E-state index contributed by atoms with van der Waals surface area (Å²) in [6.07, 6.45) is 3.67. The monoisotopic (exact) mass is 181 g/mol. The van der Waals surface area contributed by atoms with Gasteiger partial charge in [0.1, 0.15) is 6.04 Å². The molecule has 0 aliphatic carbocycles. The van der Waals surface area contributed by atoms with E-state index in [0.29, 0.717) is 0 Å². The van der Waals surface area contributed by atoms with Crippen LogP contribution in [0.4, 0.5) is 0 Å². The SMILES string of the molecule is Cc1ccn(C(C(=O)O)C(C)C)c1. The summed E-state index contributed by atoms with van der Waals surface area (Å²) in [6.45, 7) is 5.78. The van der Waals surface area contributed by atoms with Gasteiger partial charge in [-0.05, 0) is 24.5 Å². The molecule has 1 rings (SSSR count). The number of hydrogen-bond donors (Lipinski definition) is 1. The number of carbonyl (C=O) groups is 1. The van der Waals surface area contributed by atoms with E-state index in [4.69, 9.17) is 5.11 Å². The van der Waals surface area contributed by atoms with Crippen LogP contribution in [0.1, 0.15) is 25.5 Å². The summed E-state index contributed by atoms with van der Waals surface area (Å²) >= 11 is 0. The predicted octanol–water partition coefficient (Wildman–Crippen LogP) is 2.08. The molecule has 3 nitrogen and oxygen atoms in total. The molecule has 0 aliphatic heterocycles. The van der Waals surface area contributed by atoms with Gasteiger partial charge in [-0.25, -0.2) is 4.79 Å². The maximum atomic E-state index is 10.9. The fraction of sp³-hybridized carbons (Fsp3) is 0.500. The van der Waals surface area contributed by atoms with Crippen molar-refractivity contribution >= 4 is 5.97 Å². The Morgan fingerprint density at radius 2 is 2.15 bits per heavy atom. The minimum absolute atomic E-state index is 0.101. The topological polar surface area (TPSA) is 42.2 Å². The van der Waals surface area contributed by atoms with Gasteiger partial charge < -0.3 is 9.67 Å². The van der Waals surface area contributed by atoms with Crippen LogP contribution in [0.3, 0.4) is 0 Å². The van der Waals surface area contributed by atoms with E-state index in [2.05, 4.69) is 0 Å². The summed E-state index contributed by atoms with van der Waals surface area (Å²) < 4.78 is 1.75. The van der Waals surface area contributed by atoms with Crippen molar-refractivity contribution in [1.29, 1.82) is 0 Å². The fourth-order valence-corrected chi connectivity index (χ4v) is 1.45. The van der Waals surface area contributed by atoms with Gasteiger partial charge in [-0.2, -0.15) is 0 Å². The van der Waals surface area contributed by atoms with Crippen molar-refractivity contribution < 1.29 is 9.90 Å². The van der Waals surface area contributed by atoms with Crippen molar-refractivity contribution in [2.24, 2.45) is 5.92 Å². The molecule has 13 heavy (non-hydrogen) atoms. The molecule has 1 atom stereocenters. The van der Waals surface area contributed by atoms with Gasteiger partial charge in [0.2, 0.25) is 0 Å². The van der Waals surface area contributed by atoms with Gasteiger partial charge in [-0.3, -0.25) is 0 Å². The smallest absolute Gasteiger partial charge is 0.326 e. The standard InChI is InChI=1S/C10H15NO2/c1-7(2)9(10(12)13)11-5-4-8(3)6-11/h4-7,9H,1-3H3,(H,12,13). The minimum Gasteiger partial charge on any atom is -0.480 e. The average Bonchev–Trinajstić information content (AvgIpc) is 2.34. The highest BCUT2D eigenvalue weighted by atomic mass is 16.4. The highest BCUT2D eigenvalue weighted by Gasteiger charge is 2.22. The maximum absolute atomic E-state index is 10.9. The average molecular weight is 181 g/mol. The van der Waals surface area contributed by atoms with E-state index in [-0.39, 0.29) is 5.92 Å². The predicted molar refractivity (Wildman–Crippen MR) is 50.7 cm³/mol. The Kier molecular flexibility index (Phi) is 2.76. The lowest BCUT2D eigenvalue weighted by molar-refractivity contribution is -0.142. The van der Waals surface area contributed by atoms with Crippen LogP contribution >= 0.6 is 0 Å². The third-order valence-corrected chi connectivity index (χ3v) is 2.07. The number of aliphatic carboxylic acids is 1. The van der Waals surface area contributed by atoms with Crippen molar-refractivity contribution in [2.75, 3.05) is 0 Å². The van der Waals surface area contributed by atoms with E-state index in [9.17, 15) is 4.79 Å². The van der Waals surface area contributed by atoms with E-state index < -0.39 is 12.0 Å². The Morgan fingerprint density at radius 3 is 2.46 bits per heavy atom. The van der Waals surface area contributed by atoms with E-state index in [1.54, 1.807) is 4.57 Å². The zero-order valence-electron chi connectivity index (χ0n) is 8.19. The molecule has 0 aliphatic rings. The molecule has 0 bridgehead atoms. The lowest BCUT2D eigenvalue weighted by Crippen LogP contribution is -2.22. The number of hydrogen-bond acceptors (Lipinski definition) is 1. The van der Waals surface area contributed by atoms with E-state index in [1.165, 1.54) is 0 Å². The number of rotatable bonds is 3. The van der Waals surface area contributed by atoms with Gasteiger partial charge in [0.25, 0.3) is 0 Å². The van der Waals surface area contributed by atoms with Crippen LogP contribution in [0.2, 0.25) is 0 Å². The zero-order chi connectivity index (χ0) is 10.0. The van der Waals surface area contributed by atoms with Crippen molar-refractivity contribution in [3.05, 3.63) is 24.0 Å². The van der Waals surface area contributed by atoms with Crippen LogP contribution < -0.4 is 0 Å². The first-order chi connectivity index (χ1) is 6.02. The Bertz CT molecular complexity index is 302. The molecule has 0 aromatic carbocycles. The van der Waals surface area contributed by atoms with Crippen LogP contribution in [0.5, 0.6) is 0 Å². The van der Waals surface area contributed by atoms with Gasteiger partial charge in [-0.15, -0.1) is 0 Å². The molecule has 1 aromatic rings. The molecule has 0 saturated heterocycles. The number of nitrogens with zero attached hydrogens (tertiary/aromatic N) is 1. The number of carboxylic acid groups (broad SMARTS) is 1. The van der Waals surface area contributed by atoms with Gasteiger partial charge in [0, 0.05) is 12.4 Å². The van der Waals surface area contributed by atoms with Crippen LogP contribution in [-0.2, 0) is 4.79 Å². The molecule has 1 aromatic heterocycles. The lowest BCUT2D eigenvalue weighted by atomic mass is 10.1. The number of aryl methyl sites for hydroxylation is 1. The van der Waals surface area contributed by atoms with E-state index in [0.717, 1.165) is 5.56 Å². The van der Waals surface area contributed by atoms with E-state index in [1.807, 2.05) is 39.2 Å². The first-order valence-corrected chi connectivity index (χ1v) is 4.39. The molecular weight excluding hydrogens is 166 g/mol. The maximum Gasteiger partial charge on any atom is 0.326 e. The summed E-state index contributed by atoms with van der Waals surface area (Å²) in [5.41, 5.74) is 1.09. The third-order valence-electron chi connectivity index (χ3n) is 2.07. The molecular formula is C10H15NO2. The first-order valence-electron chi connectivity index (χ1n) is 4.39. The summed E-state index contributed by atoms with van der Waals surface area (Å²) in [5, 5.41) is 8.99. The first kappa shape index (κ1) is 9.84. The van der Waals surface area contributed by atoms with Gasteiger partial charge in [0.05, 0.1) is 0 Å². The summed E-state index contributed by atoms with van der Waals surface area (Å²) in [7, 11) is 0. The molecule has 0 spiro atoms. The van der Waals surface area contributed by atoms with E-state index >= 15 is 0 Å². The lowest BCUT2D eigenvalue weighted by Gasteiger charge is -2.17. The third kappa shape index (κ3) is 2.11. The number of aromatic nitrogens is 1. The molecule has 1 heterocycles. The molecule has 1 N–H and O–H groups in total. The van der Waals surface area contributed by atoms with Crippen LogP contribution in [-0.4, -0.2) is 15.6 Å². The quantitative estimate of drug-likeness (QED) is 0.775. The Labute approximate surface area is 78.0 Å². The van der Waals surface area contributed by atoms with Crippen LogP contribution in [0.25, 0.3) is 0 Å². The van der Waals surface area contributed by atoms with Crippen LogP contribution in [0.15, 0.2) is 18.5 Å². The molecule has 72 valence electrons. The second-order valence-electron chi connectivity index (χ2n) is 3.66. The van der Waals surface area contributed by atoms with Crippen molar-refractivity contribution in [1.82, 2.24) is 4.57 Å². The van der Waals surface area contributed by atoms with Gasteiger partial charge >= 0.3 is 5.97 Å². The Balaban J connectivity index is 2.95. The highest BCUT2D eigenvalue weighted by molar-refractivity contribution is 5.72. The molecule has 0 saturated carbocycles. The second-order valence-corrected chi connectivity index (χ2v) is 3.66. The Hall–Kier alpha value is -1.25. The van der Waals surface area contributed by atoms with Crippen LogP contribution in [0, 0.1) is 12.8 Å². The summed E-state index contributed by atoms with van der Waals surface area (Å²) in [4.78, 5) is 10.9. The summed E-state index contributed by atoms with van der Waals surface area (Å²) in [6, 6.07) is 1.46. The summed E-state index contributed by atoms with van der Waals surface area (Å²) in [5.74, 6) is -0.671.